The highest BCUT2D eigenvalue weighted by Crippen LogP contribution is 2.32. The van der Waals surface area contributed by atoms with Crippen molar-refractivity contribution < 1.29 is 9.53 Å². The third-order valence-electron chi connectivity index (χ3n) is 3.53. The Morgan fingerprint density at radius 1 is 1.21 bits per heavy atom. The number of aryl methyl sites for hydroxylation is 1. The number of carbonyl (C=O) groups excluding carboxylic acids is 1. The molecule has 5 nitrogen and oxygen atoms in total. The Morgan fingerprint density at radius 3 is 2.71 bits per heavy atom. The molecule has 7 heteroatoms. The zero-order valence-corrected chi connectivity index (χ0v) is 15.1. The highest BCUT2D eigenvalue weighted by atomic mass is 32.2. The van der Waals surface area contributed by atoms with E-state index in [9.17, 15) is 4.79 Å². The number of amides is 1. The number of ether oxygens (including phenoxy) is 1. The van der Waals surface area contributed by atoms with E-state index >= 15 is 0 Å². The maximum Gasteiger partial charge on any atom is 0.233 e. The molecule has 1 aromatic carbocycles. The van der Waals surface area contributed by atoms with E-state index in [0.717, 1.165) is 14.9 Å². The summed E-state index contributed by atoms with van der Waals surface area (Å²) in [5.74, 6) is 0.500. The van der Waals surface area contributed by atoms with Crippen LogP contribution >= 0.6 is 23.5 Å². The number of rotatable bonds is 5. The average molecular weight is 361 g/mol. The molecule has 0 N–H and O–H groups in total. The lowest BCUT2D eigenvalue weighted by molar-refractivity contribution is -0.132. The van der Waals surface area contributed by atoms with Crippen LogP contribution in [0.1, 0.15) is 5.56 Å². The monoisotopic (exact) mass is 361 g/mol. The van der Waals surface area contributed by atoms with Crippen LogP contribution in [0.25, 0.3) is 0 Å². The minimum Gasteiger partial charge on any atom is -0.378 e. The molecule has 0 bridgehead atoms. The van der Waals surface area contributed by atoms with Crippen LogP contribution in [0, 0.1) is 6.92 Å². The first-order chi connectivity index (χ1) is 11.7. The van der Waals surface area contributed by atoms with Crippen LogP contribution in [0.3, 0.4) is 0 Å². The summed E-state index contributed by atoms with van der Waals surface area (Å²) >= 11 is 3.02. The number of carbonyl (C=O) groups is 1. The highest BCUT2D eigenvalue weighted by molar-refractivity contribution is 8.02. The van der Waals surface area contributed by atoms with Gasteiger partial charge in [-0.2, -0.15) is 0 Å². The Balaban J connectivity index is 1.64. The van der Waals surface area contributed by atoms with Crippen molar-refractivity contribution in [3.63, 3.8) is 0 Å². The average Bonchev–Trinajstić information content (AvgIpc) is 2.61. The lowest BCUT2D eigenvalue weighted by atomic mass is 10.2. The summed E-state index contributed by atoms with van der Waals surface area (Å²) in [5.41, 5.74) is 1.21. The lowest BCUT2D eigenvalue weighted by Gasteiger charge is -2.26. The summed E-state index contributed by atoms with van der Waals surface area (Å²) in [5, 5.41) is 1.63. The minimum absolute atomic E-state index is 0.125. The number of aromatic nitrogens is 2. The van der Waals surface area contributed by atoms with Crippen LogP contribution in [0.5, 0.6) is 0 Å². The molecule has 3 rings (SSSR count). The van der Waals surface area contributed by atoms with E-state index in [1.807, 2.05) is 11.0 Å². The molecule has 1 amide bonds. The molecular weight excluding hydrogens is 342 g/mol. The van der Waals surface area contributed by atoms with Gasteiger partial charge in [0, 0.05) is 30.4 Å². The lowest BCUT2D eigenvalue weighted by Crippen LogP contribution is -2.41. The van der Waals surface area contributed by atoms with Gasteiger partial charge in [-0.1, -0.05) is 41.2 Å². The summed E-state index contributed by atoms with van der Waals surface area (Å²) in [6.45, 7) is 4.65. The van der Waals surface area contributed by atoms with Crippen molar-refractivity contribution in [2.75, 3.05) is 32.1 Å². The van der Waals surface area contributed by atoms with Crippen molar-refractivity contribution in [1.29, 1.82) is 0 Å². The predicted molar refractivity (Wildman–Crippen MR) is 95.5 cm³/mol. The largest absolute Gasteiger partial charge is 0.378 e. The second-order valence-electron chi connectivity index (χ2n) is 5.37. The summed E-state index contributed by atoms with van der Waals surface area (Å²) in [6, 6.07) is 8.27. The number of morpholine rings is 1. The van der Waals surface area contributed by atoms with Crippen molar-refractivity contribution in [1.82, 2.24) is 14.9 Å². The van der Waals surface area contributed by atoms with Crippen LogP contribution in [0.4, 0.5) is 0 Å². The van der Waals surface area contributed by atoms with Gasteiger partial charge < -0.3 is 9.64 Å². The van der Waals surface area contributed by atoms with E-state index in [1.54, 1.807) is 24.2 Å². The van der Waals surface area contributed by atoms with Gasteiger partial charge in [0.1, 0.15) is 10.1 Å². The predicted octanol–water partition coefficient (Wildman–Crippen LogP) is 2.89. The van der Waals surface area contributed by atoms with E-state index in [2.05, 4.69) is 35.1 Å². The Bertz CT molecular complexity index is 706. The molecular formula is C17H19N3O2S2. The summed E-state index contributed by atoms with van der Waals surface area (Å²) in [4.78, 5) is 24.1. The van der Waals surface area contributed by atoms with E-state index < -0.39 is 0 Å². The van der Waals surface area contributed by atoms with Crippen molar-refractivity contribution >= 4 is 29.4 Å². The Kier molecular flexibility index (Phi) is 6.12. The number of hydrogen-bond acceptors (Lipinski definition) is 6. The number of hydrogen-bond donors (Lipinski definition) is 0. The molecule has 1 aliphatic rings. The van der Waals surface area contributed by atoms with Gasteiger partial charge in [-0.05, 0) is 19.1 Å². The van der Waals surface area contributed by atoms with Crippen LogP contribution in [-0.4, -0.2) is 52.8 Å². The number of nitrogens with zero attached hydrogens (tertiary/aromatic N) is 3. The maximum absolute atomic E-state index is 12.3. The molecule has 0 unspecified atom stereocenters. The van der Waals surface area contributed by atoms with Gasteiger partial charge in [0.2, 0.25) is 5.91 Å². The minimum atomic E-state index is 0.125. The first-order valence-electron chi connectivity index (χ1n) is 7.76. The molecule has 126 valence electrons. The van der Waals surface area contributed by atoms with Gasteiger partial charge in [0.05, 0.1) is 19.0 Å². The van der Waals surface area contributed by atoms with E-state index in [4.69, 9.17) is 4.74 Å². The van der Waals surface area contributed by atoms with Gasteiger partial charge in [-0.25, -0.2) is 9.97 Å². The summed E-state index contributed by atoms with van der Waals surface area (Å²) < 4.78 is 5.28. The topological polar surface area (TPSA) is 55.3 Å². The van der Waals surface area contributed by atoms with Crippen LogP contribution in [-0.2, 0) is 9.53 Å². The van der Waals surface area contributed by atoms with Crippen molar-refractivity contribution in [3.8, 4) is 0 Å². The van der Waals surface area contributed by atoms with Gasteiger partial charge in [0.15, 0.2) is 0 Å². The molecule has 24 heavy (non-hydrogen) atoms. The molecule has 1 fully saturated rings. The maximum atomic E-state index is 12.3. The molecule has 0 spiro atoms. The molecule has 0 radical (unpaired) electrons. The zero-order valence-electron chi connectivity index (χ0n) is 13.5. The van der Waals surface area contributed by atoms with Crippen molar-refractivity contribution in [3.05, 3.63) is 42.2 Å². The molecule has 0 saturated carbocycles. The molecule has 2 aromatic rings. The summed E-state index contributed by atoms with van der Waals surface area (Å²) in [6.07, 6.45) is 3.35. The van der Waals surface area contributed by atoms with Crippen molar-refractivity contribution in [2.45, 2.75) is 21.9 Å². The second-order valence-corrected chi connectivity index (χ2v) is 7.39. The van der Waals surface area contributed by atoms with Crippen molar-refractivity contribution in [2.24, 2.45) is 0 Å². The smallest absolute Gasteiger partial charge is 0.233 e. The third kappa shape index (κ3) is 4.72. The van der Waals surface area contributed by atoms with Crippen LogP contribution < -0.4 is 0 Å². The third-order valence-corrected chi connectivity index (χ3v) is 5.61. The fourth-order valence-electron chi connectivity index (χ4n) is 2.31. The number of thioether (sulfide) groups is 1. The Hall–Kier alpha value is -1.57. The molecule has 0 aliphatic carbocycles. The highest BCUT2D eigenvalue weighted by Gasteiger charge is 2.18. The Morgan fingerprint density at radius 2 is 1.96 bits per heavy atom. The molecule has 1 aromatic heterocycles. The number of benzene rings is 1. The van der Waals surface area contributed by atoms with Gasteiger partial charge in [-0.15, -0.1) is 0 Å². The second kappa shape index (κ2) is 8.50. The first-order valence-corrected chi connectivity index (χ1v) is 9.56. The SMILES string of the molecule is Cc1cccc(Sc2nccnc2SCC(=O)N2CCOCC2)c1. The zero-order chi connectivity index (χ0) is 16.8. The van der Waals surface area contributed by atoms with Crippen LogP contribution in [0.2, 0.25) is 0 Å². The van der Waals surface area contributed by atoms with E-state index in [0.29, 0.717) is 32.1 Å². The normalized spacial score (nSPS) is 14.6. The molecule has 2 heterocycles. The Labute approximate surface area is 150 Å². The fraction of sp³-hybridized carbons (Fsp3) is 0.353. The van der Waals surface area contributed by atoms with Gasteiger partial charge in [-0.3, -0.25) is 4.79 Å². The molecule has 0 atom stereocenters. The van der Waals surface area contributed by atoms with E-state index in [1.165, 1.54) is 17.3 Å². The first kappa shape index (κ1) is 17.3. The molecule has 1 aliphatic heterocycles. The standard InChI is InChI=1S/C17H19N3O2S2/c1-13-3-2-4-14(11-13)24-17-16(18-5-6-19-17)23-12-15(21)20-7-9-22-10-8-20/h2-6,11H,7-10,12H2,1H3. The quantitative estimate of drug-likeness (QED) is 0.764. The fourth-order valence-corrected chi connectivity index (χ4v) is 4.23. The summed E-state index contributed by atoms with van der Waals surface area (Å²) in [7, 11) is 0. The molecule has 1 saturated heterocycles. The van der Waals surface area contributed by atoms with E-state index in [-0.39, 0.29) is 5.91 Å². The van der Waals surface area contributed by atoms with Crippen LogP contribution in [0.15, 0.2) is 51.6 Å². The van der Waals surface area contributed by atoms with Gasteiger partial charge in [0.25, 0.3) is 0 Å². The van der Waals surface area contributed by atoms with Gasteiger partial charge >= 0.3 is 0 Å².